The molecule has 2 aromatic carbocycles. The van der Waals surface area contributed by atoms with Gasteiger partial charge in [0.15, 0.2) is 0 Å². The molecule has 0 aliphatic heterocycles. The lowest BCUT2D eigenvalue weighted by Crippen LogP contribution is -1.74. The Morgan fingerprint density at radius 1 is 0.938 bits per heavy atom. The molecule has 16 heavy (non-hydrogen) atoms. The first-order valence-electron chi connectivity index (χ1n) is 4.95. The van der Waals surface area contributed by atoms with Gasteiger partial charge < -0.3 is 0 Å². The second kappa shape index (κ2) is 3.89. The van der Waals surface area contributed by atoms with Gasteiger partial charge >= 0.3 is 0 Å². The minimum Gasteiger partial charge on any atom is -0.234 e. The number of halogens is 1. The van der Waals surface area contributed by atoms with Gasteiger partial charge in [0.25, 0.3) is 0 Å². The molecule has 3 aromatic rings. The van der Waals surface area contributed by atoms with Gasteiger partial charge in [-0.3, -0.25) is 0 Å². The Morgan fingerprint density at radius 3 is 2.50 bits per heavy atom. The summed E-state index contributed by atoms with van der Waals surface area (Å²) in [4.78, 5) is 4.57. The maximum atomic E-state index is 6.10. The van der Waals surface area contributed by atoms with Crippen LogP contribution in [0.1, 0.15) is 0 Å². The van der Waals surface area contributed by atoms with Gasteiger partial charge in [-0.2, -0.15) is 0 Å². The van der Waals surface area contributed by atoms with Crippen LogP contribution in [0, 0.1) is 0 Å². The number of para-hydroxylation sites is 1. The third-order valence-electron chi connectivity index (χ3n) is 2.39. The van der Waals surface area contributed by atoms with E-state index in [1.807, 2.05) is 36.4 Å². The molecular formula is C13H8ClNS. The molecule has 0 saturated carbocycles. The lowest BCUT2D eigenvalue weighted by atomic mass is 10.2. The molecule has 0 fully saturated rings. The molecule has 0 N–H and O–H groups in total. The Balaban J connectivity index is 2.23. The van der Waals surface area contributed by atoms with E-state index in [1.165, 1.54) is 0 Å². The number of nitrogens with zero attached hydrogens (tertiary/aromatic N) is 1. The zero-order chi connectivity index (χ0) is 11.0. The van der Waals surface area contributed by atoms with E-state index in [0.717, 1.165) is 25.8 Å². The quantitative estimate of drug-likeness (QED) is 0.610. The van der Waals surface area contributed by atoms with Crippen molar-refractivity contribution in [3.63, 3.8) is 0 Å². The van der Waals surface area contributed by atoms with Crippen LogP contribution in [0.25, 0.3) is 20.8 Å². The Labute approximate surface area is 102 Å². The molecule has 1 nitrogen and oxygen atoms in total. The largest absolute Gasteiger partial charge is 0.234 e. The number of hydrogen-bond acceptors (Lipinski definition) is 2. The standard InChI is InChI=1S/C13H8ClNS/c14-10-7-4-8-11-12(10)15-13(16-11)9-5-2-1-3-6-9/h1-8H. The summed E-state index contributed by atoms with van der Waals surface area (Å²) in [5.74, 6) is 0. The lowest BCUT2D eigenvalue weighted by Gasteiger charge is -1.92. The van der Waals surface area contributed by atoms with Gasteiger partial charge in [0, 0.05) is 5.56 Å². The van der Waals surface area contributed by atoms with Crippen molar-refractivity contribution in [1.29, 1.82) is 0 Å². The van der Waals surface area contributed by atoms with E-state index in [2.05, 4.69) is 17.1 Å². The molecule has 1 heterocycles. The summed E-state index contributed by atoms with van der Waals surface area (Å²) < 4.78 is 1.13. The van der Waals surface area contributed by atoms with Crippen molar-refractivity contribution < 1.29 is 0 Å². The zero-order valence-electron chi connectivity index (χ0n) is 8.35. The van der Waals surface area contributed by atoms with E-state index < -0.39 is 0 Å². The Bertz CT molecular complexity index is 631. The van der Waals surface area contributed by atoms with E-state index in [-0.39, 0.29) is 0 Å². The summed E-state index contributed by atoms with van der Waals surface area (Å²) in [7, 11) is 0. The Morgan fingerprint density at radius 2 is 1.75 bits per heavy atom. The third kappa shape index (κ3) is 1.60. The van der Waals surface area contributed by atoms with Gasteiger partial charge in [-0.15, -0.1) is 11.3 Å². The van der Waals surface area contributed by atoms with Crippen LogP contribution in [0.5, 0.6) is 0 Å². The Hall–Kier alpha value is -1.38. The first-order valence-corrected chi connectivity index (χ1v) is 6.14. The Kier molecular flexibility index (Phi) is 2.39. The van der Waals surface area contributed by atoms with Crippen molar-refractivity contribution in [2.45, 2.75) is 0 Å². The minimum atomic E-state index is 0.718. The molecule has 0 amide bonds. The number of benzene rings is 2. The summed E-state index contributed by atoms with van der Waals surface area (Å²) in [6, 6.07) is 16.0. The highest BCUT2D eigenvalue weighted by atomic mass is 35.5. The van der Waals surface area contributed by atoms with Gasteiger partial charge in [-0.25, -0.2) is 4.98 Å². The number of hydrogen-bond donors (Lipinski definition) is 0. The van der Waals surface area contributed by atoms with Crippen LogP contribution in [0.4, 0.5) is 0 Å². The van der Waals surface area contributed by atoms with Gasteiger partial charge in [-0.05, 0) is 12.1 Å². The third-order valence-corrected chi connectivity index (χ3v) is 3.77. The molecule has 0 atom stereocenters. The van der Waals surface area contributed by atoms with Crippen LogP contribution in [0.3, 0.4) is 0 Å². The van der Waals surface area contributed by atoms with Crippen LogP contribution in [-0.4, -0.2) is 4.98 Å². The maximum Gasteiger partial charge on any atom is 0.124 e. The van der Waals surface area contributed by atoms with Gasteiger partial charge in [0.05, 0.1) is 9.72 Å². The zero-order valence-corrected chi connectivity index (χ0v) is 9.92. The SMILES string of the molecule is Clc1cccc2sc(-c3ccccc3)nc12. The molecular weight excluding hydrogens is 238 g/mol. The molecule has 0 bridgehead atoms. The monoisotopic (exact) mass is 245 g/mol. The number of fused-ring (bicyclic) bond motifs is 1. The molecule has 3 rings (SSSR count). The van der Waals surface area contributed by atoms with Gasteiger partial charge in [0.2, 0.25) is 0 Å². The van der Waals surface area contributed by atoms with Crippen LogP contribution < -0.4 is 0 Å². The van der Waals surface area contributed by atoms with E-state index in [4.69, 9.17) is 11.6 Å². The molecule has 0 aliphatic carbocycles. The predicted molar refractivity (Wildman–Crippen MR) is 70.1 cm³/mol. The predicted octanol–water partition coefficient (Wildman–Crippen LogP) is 4.62. The summed E-state index contributed by atoms with van der Waals surface area (Å²) in [5.41, 5.74) is 2.03. The van der Waals surface area contributed by atoms with Crippen LogP contribution in [0.15, 0.2) is 48.5 Å². The molecule has 0 spiro atoms. The van der Waals surface area contributed by atoms with Crippen molar-refractivity contribution in [3.8, 4) is 10.6 Å². The first kappa shape index (κ1) is 9.82. The highest BCUT2D eigenvalue weighted by molar-refractivity contribution is 7.21. The summed E-state index contributed by atoms with van der Waals surface area (Å²) in [6.45, 7) is 0. The van der Waals surface area contributed by atoms with Crippen molar-refractivity contribution in [2.75, 3.05) is 0 Å². The van der Waals surface area contributed by atoms with E-state index in [0.29, 0.717) is 0 Å². The van der Waals surface area contributed by atoms with Crippen molar-refractivity contribution in [1.82, 2.24) is 4.98 Å². The smallest absolute Gasteiger partial charge is 0.124 e. The highest BCUT2D eigenvalue weighted by Gasteiger charge is 2.07. The summed E-state index contributed by atoms with van der Waals surface area (Å²) >= 11 is 7.77. The normalized spacial score (nSPS) is 10.8. The fourth-order valence-corrected chi connectivity index (χ4v) is 2.89. The highest BCUT2D eigenvalue weighted by Crippen LogP contribution is 2.33. The average Bonchev–Trinajstić information content (AvgIpc) is 2.76. The molecule has 0 unspecified atom stereocenters. The average molecular weight is 246 g/mol. The van der Waals surface area contributed by atoms with Crippen LogP contribution in [-0.2, 0) is 0 Å². The fraction of sp³-hybridized carbons (Fsp3) is 0. The molecule has 0 aliphatic rings. The molecule has 1 aromatic heterocycles. The molecule has 0 radical (unpaired) electrons. The van der Waals surface area contributed by atoms with E-state index in [9.17, 15) is 0 Å². The second-order valence-corrected chi connectivity index (χ2v) is 4.91. The number of rotatable bonds is 1. The van der Waals surface area contributed by atoms with Gasteiger partial charge in [-0.1, -0.05) is 48.0 Å². The lowest BCUT2D eigenvalue weighted by molar-refractivity contribution is 1.48. The first-order chi connectivity index (χ1) is 7.84. The maximum absolute atomic E-state index is 6.10. The van der Waals surface area contributed by atoms with Crippen LogP contribution in [0.2, 0.25) is 5.02 Å². The summed E-state index contributed by atoms with van der Waals surface area (Å²) in [6.07, 6.45) is 0. The molecule has 0 saturated heterocycles. The topological polar surface area (TPSA) is 12.9 Å². The summed E-state index contributed by atoms with van der Waals surface area (Å²) in [5, 5.41) is 1.74. The number of aromatic nitrogens is 1. The molecule has 78 valence electrons. The van der Waals surface area contributed by atoms with E-state index >= 15 is 0 Å². The molecule has 3 heteroatoms. The number of thiazole rings is 1. The second-order valence-electron chi connectivity index (χ2n) is 3.47. The van der Waals surface area contributed by atoms with E-state index in [1.54, 1.807) is 11.3 Å². The van der Waals surface area contributed by atoms with Crippen molar-refractivity contribution in [2.24, 2.45) is 0 Å². The van der Waals surface area contributed by atoms with Crippen LogP contribution >= 0.6 is 22.9 Å². The van der Waals surface area contributed by atoms with Crippen molar-refractivity contribution >= 4 is 33.2 Å². The fourth-order valence-electron chi connectivity index (χ4n) is 1.62. The van der Waals surface area contributed by atoms with Crippen molar-refractivity contribution in [3.05, 3.63) is 53.6 Å². The minimum absolute atomic E-state index is 0.718. The van der Waals surface area contributed by atoms with Gasteiger partial charge in [0.1, 0.15) is 10.5 Å².